The van der Waals surface area contributed by atoms with Crippen LogP contribution in [0.2, 0.25) is 0 Å². The van der Waals surface area contributed by atoms with Crippen LogP contribution in [0.4, 0.5) is 5.13 Å². The second kappa shape index (κ2) is 4.37. The molecule has 0 radical (unpaired) electrons. The Morgan fingerprint density at radius 3 is 2.20 bits per heavy atom. The standard InChI is InChI=1S/C10H18BrN3S/c1-9(2,3)6-10(4,5)12-8-14-13-7(11)15-8/h6H2,1-5H3,(H,12,14). The van der Waals surface area contributed by atoms with Crippen molar-refractivity contribution in [3.8, 4) is 0 Å². The maximum atomic E-state index is 4.04. The van der Waals surface area contributed by atoms with Crippen LogP contribution in [0.15, 0.2) is 3.92 Å². The third kappa shape index (κ3) is 4.93. The van der Waals surface area contributed by atoms with E-state index in [4.69, 9.17) is 0 Å². The predicted octanol–water partition coefficient (Wildman–Crippen LogP) is 3.93. The zero-order chi connectivity index (χ0) is 11.7. The number of nitrogens with zero attached hydrogens (tertiary/aromatic N) is 2. The minimum absolute atomic E-state index is 0.0389. The van der Waals surface area contributed by atoms with Gasteiger partial charge in [-0.2, -0.15) is 0 Å². The molecule has 0 bridgehead atoms. The van der Waals surface area contributed by atoms with Crippen LogP contribution in [0.25, 0.3) is 0 Å². The summed E-state index contributed by atoms with van der Waals surface area (Å²) in [7, 11) is 0. The zero-order valence-electron chi connectivity index (χ0n) is 9.89. The monoisotopic (exact) mass is 291 g/mol. The summed E-state index contributed by atoms with van der Waals surface area (Å²) < 4.78 is 0.816. The van der Waals surface area contributed by atoms with E-state index in [9.17, 15) is 0 Å². The molecule has 0 atom stereocenters. The van der Waals surface area contributed by atoms with Crippen molar-refractivity contribution in [2.24, 2.45) is 5.41 Å². The van der Waals surface area contributed by atoms with Crippen LogP contribution < -0.4 is 5.32 Å². The van der Waals surface area contributed by atoms with Gasteiger partial charge in [-0.3, -0.25) is 0 Å². The Morgan fingerprint density at radius 1 is 1.20 bits per heavy atom. The number of anilines is 1. The fraction of sp³-hybridized carbons (Fsp3) is 0.800. The topological polar surface area (TPSA) is 37.8 Å². The lowest BCUT2D eigenvalue weighted by Gasteiger charge is -2.32. The maximum Gasteiger partial charge on any atom is 0.206 e. The number of hydrogen-bond donors (Lipinski definition) is 1. The van der Waals surface area contributed by atoms with Gasteiger partial charge in [-0.05, 0) is 41.6 Å². The molecule has 1 aromatic rings. The van der Waals surface area contributed by atoms with Gasteiger partial charge in [-0.25, -0.2) is 0 Å². The van der Waals surface area contributed by atoms with Crippen molar-refractivity contribution in [1.29, 1.82) is 0 Å². The molecule has 1 N–H and O–H groups in total. The minimum Gasteiger partial charge on any atom is -0.355 e. The van der Waals surface area contributed by atoms with E-state index in [-0.39, 0.29) is 5.54 Å². The van der Waals surface area contributed by atoms with Gasteiger partial charge >= 0.3 is 0 Å². The lowest BCUT2D eigenvalue weighted by Crippen LogP contribution is -2.35. The highest BCUT2D eigenvalue weighted by atomic mass is 79.9. The predicted molar refractivity (Wildman–Crippen MR) is 69.4 cm³/mol. The molecule has 5 heteroatoms. The van der Waals surface area contributed by atoms with Crippen molar-refractivity contribution in [2.75, 3.05) is 5.32 Å². The minimum atomic E-state index is 0.0389. The normalized spacial score (nSPS) is 12.9. The van der Waals surface area contributed by atoms with Crippen molar-refractivity contribution in [2.45, 2.75) is 46.6 Å². The molecule has 86 valence electrons. The molecule has 0 unspecified atom stereocenters. The maximum absolute atomic E-state index is 4.04. The lowest BCUT2D eigenvalue weighted by atomic mass is 9.82. The summed E-state index contributed by atoms with van der Waals surface area (Å²) in [4.78, 5) is 0. The first kappa shape index (κ1) is 12.9. The first-order chi connectivity index (χ1) is 6.68. The molecule has 0 saturated carbocycles. The summed E-state index contributed by atoms with van der Waals surface area (Å²) in [6.07, 6.45) is 1.08. The Balaban J connectivity index is 2.64. The van der Waals surface area contributed by atoms with Gasteiger partial charge < -0.3 is 5.32 Å². The Bertz CT molecular complexity index is 328. The largest absolute Gasteiger partial charge is 0.355 e. The van der Waals surface area contributed by atoms with Crippen LogP contribution in [0.5, 0.6) is 0 Å². The van der Waals surface area contributed by atoms with Crippen molar-refractivity contribution in [1.82, 2.24) is 10.2 Å². The molecule has 3 nitrogen and oxygen atoms in total. The fourth-order valence-corrected chi connectivity index (χ4v) is 3.10. The van der Waals surface area contributed by atoms with Crippen LogP contribution in [-0.2, 0) is 0 Å². The third-order valence-electron chi connectivity index (χ3n) is 1.82. The molecule has 0 spiro atoms. The molecule has 0 aliphatic carbocycles. The quantitative estimate of drug-likeness (QED) is 0.917. The van der Waals surface area contributed by atoms with E-state index in [1.807, 2.05) is 0 Å². The van der Waals surface area contributed by atoms with E-state index in [1.54, 1.807) is 0 Å². The highest BCUT2D eigenvalue weighted by Crippen LogP contribution is 2.31. The van der Waals surface area contributed by atoms with Crippen LogP contribution in [0.3, 0.4) is 0 Å². The fourth-order valence-electron chi connectivity index (χ4n) is 1.92. The van der Waals surface area contributed by atoms with E-state index in [0.717, 1.165) is 15.5 Å². The molecular weight excluding hydrogens is 274 g/mol. The van der Waals surface area contributed by atoms with Crippen LogP contribution >= 0.6 is 27.3 Å². The van der Waals surface area contributed by atoms with E-state index >= 15 is 0 Å². The van der Waals surface area contributed by atoms with Gasteiger partial charge in [0.25, 0.3) is 0 Å². The van der Waals surface area contributed by atoms with Crippen LogP contribution in [-0.4, -0.2) is 15.7 Å². The Kier molecular flexibility index (Phi) is 3.76. The van der Waals surface area contributed by atoms with E-state index in [0.29, 0.717) is 5.41 Å². The van der Waals surface area contributed by atoms with Gasteiger partial charge in [0.15, 0.2) is 3.92 Å². The Hall–Kier alpha value is -0.160. The summed E-state index contributed by atoms with van der Waals surface area (Å²) in [5.41, 5.74) is 0.343. The summed E-state index contributed by atoms with van der Waals surface area (Å²) in [5, 5.41) is 12.2. The van der Waals surface area contributed by atoms with Gasteiger partial charge in [0.2, 0.25) is 5.13 Å². The van der Waals surface area contributed by atoms with Crippen LogP contribution in [0.1, 0.15) is 41.0 Å². The molecule has 0 aliphatic rings. The van der Waals surface area contributed by atoms with Crippen molar-refractivity contribution in [3.05, 3.63) is 3.92 Å². The molecule has 1 rings (SSSR count). The van der Waals surface area contributed by atoms with E-state index in [1.165, 1.54) is 11.3 Å². The molecule has 15 heavy (non-hydrogen) atoms. The van der Waals surface area contributed by atoms with Crippen LogP contribution in [0, 0.1) is 5.41 Å². The first-order valence-corrected chi connectivity index (χ1v) is 6.56. The second-order valence-electron chi connectivity index (χ2n) is 5.61. The number of halogens is 1. The molecule has 0 aromatic carbocycles. The summed E-state index contributed by atoms with van der Waals surface area (Å²) >= 11 is 4.83. The first-order valence-electron chi connectivity index (χ1n) is 4.95. The molecule has 0 aliphatic heterocycles. The zero-order valence-corrected chi connectivity index (χ0v) is 12.3. The van der Waals surface area contributed by atoms with Gasteiger partial charge in [-0.1, -0.05) is 32.1 Å². The molecule has 1 heterocycles. The average molecular weight is 292 g/mol. The van der Waals surface area contributed by atoms with Crippen molar-refractivity contribution < 1.29 is 0 Å². The highest BCUT2D eigenvalue weighted by Gasteiger charge is 2.26. The van der Waals surface area contributed by atoms with E-state index in [2.05, 4.69) is 66.1 Å². The summed E-state index contributed by atoms with van der Waals surface area (Å²) in [6.45, 7) is 11.1. The lowest BCUT2D eigenvalue weighted by molar-refractivity contribution is 0.302. The highest BCUT2D eigenvalue weighted by molar-refractivity contribution is 9.11. The molecule has 1 aromatic heterocycles. The Labute approximate surface area is 104 Å². The third-order valence-corrected chi connectivity index (χ3v) is 3.09. The molecule has 0 fully saturated rings. The summed E-state index contributed by atoms with van der Waals surface area (Å²) in [6, 6.07) is 0. The number of aromatic nitrogens is 2. The van der Waals surface area contributed by atoms with Crippen molar-refractivity contribution >= 4 is 32.4 Å². The van der Waals surface area contributed by atoms with Crippen molar-refractivity contribution in [3.63, 3.8) is 0 Å². The Morgan fingerprint density at radius 2 is 1.80 bits per heavy atom. The second-order valence-corrected chi connectivity index (χ2v) is 7.86. The molecule has 0 saturated heterocycles. The SMILES string of the molecule is CC(C)(C)CC(C)(C)Nc1nnc(Br)s1. The van der Waals surface area contributed by atoms with E-state index < -0.39 is 0 Å². The van der Waals surface area contributed by atoms with Gasteiger partial charge in [0.05, 0.1) is 0 Å². The molecule has 0 amide bonds. The number of hydrogen-bond acceptors (Lipinski definition) is 4. The van der Waals surface area contributed by atoms with Gasteiger partial charge in [0, 0.05) is 5.54 Å². The van der Waals surface area contributed by atoms with Gasteiger partial charge in [0.1, 0.15) is 0 Å². The average Bonchev–Trinajstić information content (AvgIpc) is 2.27. The number of nitrogens with one attached hydrogen (secondary N) is 1. The van der Waals surface area contributed by atoms with Gasteiger partial charge in [-0.15, -0.1) is 10.2 Å². The number of rotatable bonds is 3. The molecular formula is C10H18BrN3S. The summed E-state index contributed by atoms with van der Waals surface area (Å²) in [5.74, 6) is 0. The smallest absolute Gasteiger partial charge is 0.206 e.